The van der Waals surface area contributed by atoms with E-state index >= 15 is 0 Å². The van der Waals surface area contributed by atoms with Gasteiger partial charge in [0.1, 0.15) is 12.9 Å². The lowest BCUT2D eigenvalue weighted by atomic mass is 10.1. The van der Waals surface area contributed by atoms with Crippen LogP contribution in [0.15, 0.2) is 74.1 Å². The van der Waals surface area contributed by atoms with E-state index in [1.807, 2.05) is 38.1 Å². The van der Waals surface area contributed by atoms with Gasteiger partial charge in [-0.2, -0.15) is 10.2 Å². The number of amides is 1. The molecular weight excluding hydrogens is 346 g/mol. The molecule has 1 aromatic carbocycles. The van der Waals surface area contributed by atoms with E-state index in [0.29, 0.717) is 5.82 Å². The summed E-state index contributed by atoms with van der Waals surface area (Å²) in [5.41, 5.74) is 7.27. The third kappa shape index (κ3) is 3.10. The lowest BCUT2D eigenvalue weighted by Gasteiger charge is -2.26. The minimum absolute atomic E-state index is 0.0185. The Hall–Kier alpha value is -3.75. The van der Waals surface area contributed by atoms with Crippen LogP contribution >= 0.6 is 0 Å². The van der Waals surface area contributed by atoms with Crippen LogP contribution in [0.1, 0.15) is 19.4 Å². The molecule has 0 bridgehead atoms. The molecule has 0 aliphatic carbocycles. The number of hydrogen-bond acceptors (Lipinski definition) is 8. The van der Waals surface area contributed by atoms with Gasteiger partial charge in [0, 0.05) is 28.6 Å². The Morgan fingerprint density at radius 1 is 1.33 bits per heavy atom. The molecule has 9 nitrogen and oxygen atoms in total. The predicted molar refractivity (Wildman–Crippen MR) is 101 cm³/mol. The number of fused-ring (bicyclic) bond motifs is 2. The Bertz CT molecular complexity index is 1000. The fraction of sp³-hybridized carbons (Fsp3) is 0.167. The van der Waals surface area contributed by atoms with Gasteiger partial charge in [0.25, 0.3) is 5.91 Å². The number of hydrogen-bond donors (Lipinski definition) is 2. The van der Waals surface area contributed by atoms with Gasteiger partial charge >= 0.3 is 0 Å². The van der Waals surface area contributed by atoms with Crippen molar-refractivity contribution in [2.24, 2.45) is 20.3 Å². The Balaban J connectivity index is 1.46. The van der Waals surface area contributed by atoms with Crippen LogP contribution in [0.25, 0.3) is 5.57 Å². The van der Waals surface area contributed by atoms with Gasteiger partial charge in [-0.3, -0.25) is 15.2 Å². The number of aliphatic hydroxyl groups excluding tert-OH is 1. The number of para-hydroxylation sites is 1. The van der Waals surface area contributed by atoms with E-state index in [0.717, 1.165) is 28.2 Å². The van der Waals surface area contributed by atoms with Crippen molar-refractivity contribution >= 4 is 29.2 Å². The highest BCUT2D eigenvalue weighted by molar-refractivity contribution is 6.27. The SMILES string of the molecule is CC1=CC(O)=C2N(CC(=O)N=N/C=C3\C(C)=Nc4ccccc43)N=CN2N1. The van der Waals surface area contributed by atoms with Crippen molar-refractivity contribution in [3.8, 4) is 0 Å². The second kappa shape index (κ2) is 6.52. The first kappa shape index (κ1) is 16.7. The molecule has 1 amide bonds. The number of benzene rings is 1. The number of carbonyl (C=O) groups is 1. The topological polar surface area (TPSA) is 105 Å². The molecule has 0 atom stereocenters. The smallest absolute Gasteiger partial charge is 0.286 e. The molecule has 0 fully saturated rings. The number of aliphatic hydroxyl groups is 1. The number of allylic oxidation sites excluding steroid dienone is 3. The highest BCUT2D eigenvalue weighted by atomic mass is 16.3. The number of carbonyl (C=O) groups excluding carboxylic acids is 1. The van der Waals surface area contributed by atoms with Crippen molar-refractivity contribution in [2.75, 3.05) is 6.54 Å². The monoisotopic (exact) mass is 363 g/mol. The first-order valence-corrected chi connectivity index (χ1v) is 8.31. The number of aliphatic imine (C=N–C) groups is 1. The maximum Gasteiger partial charge on any atom is 0.286 e. The lowest BCUT2D eigenvalue weighted by Crippen LogP contribution is -2.39. The zero-order chi connectivity index (χ0) is 19.0. The second-order valence-corrected chi connectivity index (χ2v) is 6.17. The largest absolute Gasteiger partial charge is 0.504 e. The van der Waals surface area contributed by atoms with Crippen LogP contribution in [0.4, 0.5) is 5.69 Å². The summed E-state index contributed by atoms with van der Waals surface area (Å²) in [6.07, 6.45) is 4.57. The van der Waals surface area contributed by atoms with Crippen LogP contribution in [0.2, 0.25) is 0 Å². The molecule has 3 aliphatic rings. The summed E-state index contributed by atoms with van der Waals surface area (Å²) in [5.74, 6) is -0.0986. The molecule has 0 radical (unpaired) electrons. The molecule has 1 aromatic rings. The van der Waals surface area contributed by atoms with E-state index in [-0.39, 0.29) is 12.3 Å². The van der Waals surface area contributed by atoms with Gasteiger partial charge in [-0.15, -0.1) is 5.11 Å². The summed E-state index contributed by atoms with van der Waals surface area (Å²) < 4.78 is 0. The molecule has 0 spiro atoms. The van der Waals surface area contributed by atoms with Crippen molar-refractivity contribution in [1.29, 1.82) is 0 Å². The van der Waals surface area contributed by atoms with Crippen LogP contribution < -0.4 is 5.43 Å². The molecule has 0 saturated carbocycles. The average molecular weight is 363 g/mol. The van der Waals surface area contributed by atoms with Crippen LogP contribution in [0, 0.1) is 0 Å². The maximum atomic E-state index is 12.2. The zero-order valence-electron chi connectivity index (χ0n) is 14.8. The highest BCUT2D eigenvalue weighted by Gasteiger charge is 2.29. The van der Waals surface area contributed by atoms with Crippen molar-refractivity contribution in [3.05, 3.63) is 59.4 Å². The zero-order valence-corrected chi connectivity index (χ0v) is 14.8. The van der Waals surface area contributed by atoms with Gasteiger partial charge in [0.15, 0.2) is 11.6 Å². The fourth-order valence-electron chi connectivity index (χ4n) is 3.00. The van der Waals surface area contributed by atoms with E-state index in [4.69, 9.17) is 0 Å². The number of hydrazone groups is 1. The maximum absolute atomic E-state index is 12.2. The van der Waals surface area contributed by atoms with Gasteiger partial charge in [-0.25, -0.2) is 10.0 Å². The Morgan fingerprint density at radius 3 is 3.00 bits per heavy atom. The van der Waals surface area contributed by atoms with Crippen molar-refractivity contribution in [2.45, 2.75) is 13.8 Å². The minimum Gasteiger partial charge on any atom is -0.504 e. The van der Waals surface area contributed by atoms with Crippen LogP contribution in [-0.4, -0.2) is 39.6 Å². The van der Waals surface area contributed by atoms with Gasteiger partial charge in [0.2, 0.25) is 0 Å². The van der Waals surface area contributed by atoms with E-state index in [1.54, 1.807) is 6.08 Å². The predicted octanol–water partition coefficient (Wildman–Crippen LogP) is 2.82. The summed E-state index contributed by atoms with van der Waals surface area (Å²) in [6.45, 7) is 3.55. The van der Waals surface area contributed by atoms with Gasteiger partial charge in [-0.05, 0) is 19.9 Å². The molecule has 3 aliphatic heterocycles. The Morgan fingerprint density at radius 2 is 2.15 bits per heavy atom. The van der Waals surface area contributed by atoms with Crippen molar-refractivity contribution < 1.29 is 9.90 Å². The summed E-state index contributed by atoms with van der Waals surface area (Å²) in [4.78, 5) is 16.6. The summed E-state index contributed by atoms with van der Waals surface area (Å²) in [7, 11) is 0. The molecule has 0 unspecified atom stereocenters. The lowest BCUT2D eigenvalue weighted by molar-refractivity contribution is -0.119. The van der Waals surface area contributed by atoms with Crippen molar-refractivity contribution in [3.63, 3.8) is 0 Å². The van der Waals surface area contributed by atoms with Gasteiger partial charge < -0.3 is 5.11 Å². The number of nitrogens with one attached hydrogen (secondary N) is 1. The number of hydrazine groups is 1. The van der Waals surface area contributed by atoms with E-state index in [1.165, 1.54) is 22.6 Å². The Labute approximate surface area is 155 Å². The third-order valence-corrected chi connectivity index (χ3v) is 4.17. The van der Waals surface area contributed by atoms with Crippen LogP contribution in [-0.2, 0) is 4.79 Å². The van der Waals surface area contributed by atoms with Gasteiger partial charge in [-0.1, -0.05) is 18.2 Å². The van der Waals surface area contributed by atoms with E-state index in [9.17, 15) is 9.90 Å². The normalized spacial score (nSPS) is 19.4. The molecule has 9 heteroatoms. The minimum atomic E-state index is -0.488. The third-order valence-electron chi connectivity index (χ3n) is 4.17. The van der Waals surface area contributed by atoms with Crippen LogP contribution in [0.5, 0.6) is 0 Å². The summed E-state index contributed by atoms with van der Waals surface area (Å²) >= 11 is 0. The molecule has 2 N–H and O–H groups in total. The van der Waals surface area contributed by atoms with E-state index in [2.05, 4.69) is 25.7 Å². The molecule has 27 heavy (non-hydrogen) atoms. The highest BCUT2D eigenvalue weighted by Crippen LogP contribution is 2.34. The quantitative estimate of drug-likeness (QED) is 0.804. The summed E-state index contributed by atoms with van der Waals surface area (Å²) in [6, 6.07) is 7.72. The number of azo groups is 1. The standard InChI is InChI=1S/C18H17N7O2/c1-11-7-16(26)18-24(20-10-25(18)23-11)9-17(27)22-19-8-14-12(2)21-15-6-4-3-5-13(14)15/h3-8,10,23,26H,9H2,1-2H3/b14-8+,22-19?. The van der Waals surface area contributed by atoms with E-state index < -0.39 is 5.91 Å². The number of rotatable bonds is 3. The molecular formula is C18H17N7O2. The molecule has 0 saturated heterocycles. The fourth-order valence-corrected chi connectivity index (χ4v) is 3.00. The first-order chi connectivity index (χ1) is 13.0. The number of nitrogens with zero attached hydrogens (tertiary/aromatic N) is 6. The van der Waals surface area contributed by atoms with Gasteiger partial charge in [0.05, 0.1) is 11.9 Å². The van der Waals surface area contributed by atoms with Crippen molar-refractivity contribution in [1.82, 2.24) is 15.4 Å². The van der Waals surface area contributed by atoms with Crippen LogP contribution in [0.3, 0.4) is 0 Å². The second-order valence-electron chi connectivity index (χ2n) is 6.17. The first-order valence-electron chi connectivity index (χ1n) is 8.31. The molecule has 4 rings (SSSR count). The molecule has 136 valence electrons. The average Bonchev–Trinajstić information content (AvgIpc) is 3.16. The summed E-state index contributed by atoms with van der Waals surface area (Å²) in [5, 5.41) is 24.7. The Kier molecular flexibility index (Phi) is 4.03. The molecule has 3 heterocycles. The molecule has 0 aromatic heterocycles.